The molecule has 1 N–H and O–H groups in total. The highest BCUT2D eigenvalue weighted by Crippen LogP contribution is 2.30. The lowest BCUT2D eigenvalue weighted by Crippen LogP contribution is -2.42. The molecule has 0 aromatic rings. The molecular weight excluding hydrogens is 230 g/mol. The normalized spacial score (nSPS) is 25.8. The molecular formula is C14H25NO3. The maximum Gasteiger partial charge on any atom is 0.306 e. The van der Waals surface area contributed by atoms with E-state index < -0.39 is 5.97 Å². The van der Waals surface area contributed by atoms with Gasteiger partial charge in [-0.3, -0.25) is 9.59 Å². The molecule has 4 nitrogen and oxygen atoms in total. The van der Waals surface area contributed by atoms with E-state index in [4.69, 9.17) is 5.11 Å². The van der Waals surface area contributed by atoms with Crippen LogP contribution in [-0.4, -0.2) is 35.0 Å². The summed E-state index contributed by atoms with van der Waals surface area (Å²) in [5, 5.41) is 8.94. The van der Waals surface area contributed by atoms with Gasteiger partial charge in [-0.25, -0.2) is 0 Å². The van der Waals surface area contributed by atoms with E-state index in [-0.39, 0.29) is 23.8 Å². The van der Waals surface area contributed by atoms with Crippen molar-refractivity contribution in [1.29, 1.82) is 0 Å². The van der Waals surface area contributed by atoms with Crippen molar-refractivity contribution in [3.8, 4) is 0 Å². The Kier molecular flexibility index (Phi) is 5.17. The maximum absolute atomic E-state index is 12.3. The smallest absolute Gasteiger partial charge is 0.306 e. The molecule has 4 heteroatoms. The van der Waals surface area contributed by atoms with Gasteiger partial charge in [0, 0.05) is 19.0 Å². The highest BCUT2D eigenvalue weighted by atomic mass is 16.4. The molecule has 0 aromatic heterocycles. The number of carboxylic acids is 1. The summed E-state index contributed by atoms with van der Waals surface area (Å²) in [6, 6.07) is 0.231. The van der Waals surface area contributed by atoms with E-state index in [0.29, 0.717) is 31.6 Å². The first-order valence-electron chi connectivity index (χ1n) is 6.84. The first kappa shape index (κ1) is 15.0. The van der Waals surface area contributed by atoms with Crippen LogP contribution in [0.2, 0.25) is 0 Å². The Morgan fingerprint density at radius 3 is 1.89 bits per heavy atom. The van der Waals surface area contributed by atoms with E-state index in [2.05, 4.69) is 20.8 Å². The molecule has 104 valence electrons. The lowest BCUT2D eigenvalue weighted by Gasteiger charge is -2.33. The van der Waals surface area contributed by atoms with Crippen LogP contribution in [0.25, 0.3) is 0 Å². The number of hydrogen-bond acceptors (Lipinski definition) is 2. The van der Waals surface area contributed by atoms with Gasteiger partial charge in [0.05, 0.1) is 5.92 Å². The monoisotopic (exact) mass is 255 g/mol. The highest BCUT2D eigenvalue weighted by molar-refractivity contribution is 5.79. The number of amides is 1. The summed E-state index contributed by atoms with van der Waals surface area (Å²) in [5.74, 6) is -0.326. The molecule has 0 aliphatic heterocycles. The number of carboxylic acid groups (broad SMARTS) is 1. The van der Waals surface area contributed by atoms with Gasteiger partial charge in [-0.05, 0) is 38.5 Å². The van der Waals surface area contributed by atoms with Crippen LogP contribution in [0.4, 0.5) is 0 Å². The predicted molar refractivity (Wildman–Crippen MR) is 70.2 cm³/mol. The van der Waals surface area contributed by atoms with Crippen molar-refractivity contribution in [2.45, 2.75) is 52.5 Å². The van der Waals surface area contributed by atoms with E-state index in [1.54, 1.807) is 0 Å². The van der Waals surface area contributed by atoms with Gasteiger partial charge < -0.3 is 10.0 Å². The second-order valence-corrected chi connectivity index (χ2v) is 5.82. The number of hydrogen-bond donors (Lipinski definition) is 1. The predicted octanol–water partition coefficient (Wildman–Crippen LogP) is 2.38. The largest absolute Gasteiger partial charge is 0.481 e. The van der Waals surface area contributed by atoms with E-state index in [9.17, 15) is 9.59 Å². The third kappa shape index (κ3) is 3.47. The van der Waals surface area contributed by atoms with Crippen LogP contribution in [0.1, 0.15) is 46.5 Å². The Morgan fingerprint density at radius 1 is 1.06 bits per heavy atom. The third-order valence-electron chi connectivity index (χ3n) is 4.35. The maximum atomic E-state index is 12.3. The lowest BCUT2D eigenvalue weighted by molar-refractivity contribution is -0.146. The van der Waals surface area contributed by atoms with E-state index in [1.807, 2.05) is 11.9 Å². The fourth-order valence-corrected chi connectivity index (χ4v) is 2.52. The van der Waals surface area contributed by atoms with E-state index in [1.165, 1.54) is 0 Å². The molecule has 1 atom stereocenters. The van der Waals surface area contributed by atoms with Crippen molar-refractivity contribution in [2.24, 2.45) is 17.8 Å². The number of carbonyl (C=O) groups is 2. The zero-order valence-electron chi connectivity index (χ0n) is 11.8. The molecule has 1 aliphatic rings. The van der Waals surface area contributed by atoms with Gasteiger partial charge in [0.25, 0.3) is 0 Å². The lowest BCUT2D eigenvalue weighted by atomic mass is 9.81. The molecule has 1 unspecified atom stereocenters. The molecule has 1 saturated carbocycles. The zero-order valence-corrected chi connectivity index (χ0v) is 11.8. The summed E-state index contributed by atoms with van der Waals surface area (Å²) < 4.78 is 0. The molecule has 0 heterocycles. The Labute approximate surface area is 109 Å². The van der Waals surface area contributed by atoms with Gasteiger partial charge in [0.15, 0.2) is 0 Å². The summed E-state index contributed by atoms with van der Waals surface area (Å²) >= 11 is 0. The zero-order chi connectivity index (χ0) is 13.9. The number of carbonyl (C=O) groups excluding carboxylic acids is 1. The van der Waals surface area contributed by atoms with Crippen LogP contribution in [-0.2, 0) is 9.59 Å². The first-order chi connectivity index (χ1) is 8.34. The van der Waals surface area contributed by atoms with Crippen molar-refractivity contribution in [2.75, 3.05) is 7.05 Å². The van der Waals surface area contributed by atoms with Crippen molar-refractivity contribution < 1.29 is 14.7 Å². The minimum Gasteiger partial charge on any atom is -0.481 e. The second kappa shape index (κ2) is 6.21. The summed E-state index contributed by atoms with van der Waals surface area (Å²) in [4.78, 5) is 25.0. The molecule has 0 bridgehead atoms. The van der Waals surface area contributed by atoms with E-state index in [0.717, 1.165) is 0 Å². The molecule has 1 fully saturated rings. The minimum absolute atomic E-state index is 0.0202. The second-order valence-electron chi connectivity index (χ2n) is 5.82. The Hall–Kier alpha value is -1.06. The molecule has 0 aromatic carbocycles. The van der Waals surface area contributed by atoms with Crippen molar-refractivity contribution in [3.63, 3.8) is 0 Å². The van der Waals surface area contributed by atoms with Crippen LogP contribution < -0.4 is 0 Å². The molecule has 1 amide bonds. The molecule has 1 rings (SSSR count). The van der Waals surface area contributed by atoms with Gasteiger partial charge in [-0.15, -0.1) is 0 Å². The van der Waals surface area contributed by atoms with Crippen LogP contribution >= 0.6 is 0 Å². The average molecular weight is 255 g/mol. The highest BCUT2D eigenvalue weighted by Gasteiger charge is 2.32. The summed E-state index contributed by atoms with van der Waals surface area (Å²) in [6.07, 6.45) is 2.70. The quantitative estimate of drug-likeness (QED) is 0.839. The van der Waals surface area contributed by atoms with Crippen molar-refractivity contribution in [1.82, 2.24) is 4.90 Å². The van der Waals surface area contributed by atoms with Gasteiger partial charge in [0.1, 0.15) is 0 Å². The van der Waals surface area contributed by atoms with Gasteiger partial charge in [-0.1, -0.05) is 13.8 Å². The number of aliphatic carboxylic acids is 1. The van der Waals surface area contributed by atoms with Crippen molar-refractivity contribution >= 4 is 11.9 Å². The van der Waals surface area contributed by atoms with Crippen molar-refractivity contribution in [3.05, 3.63) is 0 Å². The van der Waals surface area contributed by atoms with Crippen LogP contribution in [0, 0.1) is 17.8 Å². The Balaban J connectivity index is 2.52. The molecule has 0 saturated heterocycles. The van der Waals surface area contributed by atoms with Gasteiger partial charge in [-0.2, -0.15) is 0 Å². The average Bonchev–Trinajstić information content (AvgIpc) is 2.36. The Bertz CT molecular complexity index is 306. The van der Waals surface area contributed by atoms with Crippen LogP contribution in [0.5, 0.6) is 0 Å². The number of nitrogens with zero attached hydrogens (tertiary/aromatic N) is 1. The Morgan fingerprint density at radius 2 is 1.50 bits per heavy atom. The fourth-order valence-electron chi connectivity index (χ4n) is 2.52. The molecule has 0 spiro atoms. The third-order valence-corrected chi connectivity index (χ3v) is 4.35. The van der Waals surface area contributed by atoms with Crippen LogP contribution in [0.15, 0.2) is 0 Å². The van der Waals surface area contributed by atoms with Gasteiger partial charge in [0.2, 0.25) is 5.91 Å². The topological polar surface area (TPSA) is 57.6 Å². The SMILES string of the molecule is CC(C)C(C)N(C)C(=O)C1CCC(C(=O)O)CC1. The molecule has 1 aliphatic carbocycles. The summed E-state index contributed by atoms with van der Waals surface area (Å²) in [5.41, 5.74) is 0. The molecule has 18 heavy (non-hydrogen) atoms. The minimum atomic E-state index is -0.718. The fraction of sp³-hybridized carbons (Fsp3) is 0.857. The first-order valence-corrected chi connectivity index (χ1v) is 6.84. The summed E-state index contributed by atoms with van der Waals surface area (Å²) in [6.45, 7) is 6.27. The van der Waals surface area contributed by atoms with E-state index >= 15 is 0 Å². The summed E-state index contributed by atoms with van der Waals surface area (Å²) in [7, 11) is 1.86. The van der Waals surface area contributed by atoms with Gasteiger partial charge >= 0.3 is 5.97 Å². The molecule has 0 radical (unpaired) electrons. The standard InChI is InChI=1S/C14H25NO3/c1-9(2)10(3)15(4)13(16)11-5-7-12(8-6-11)14(17)18/h9-12H,5-8H2,1-4H3,(H,17,18). The number of rotatable bonds is 4. The van der Waals surface area contributed by atoms with Crippen LogP contribution in [0.3, 0.4) is 0 Å².